The Labute approximate surface area is 202 Å². The van der Waals surface area contributed by atoms with Crippen LogP contribution in [0.2, 0.25) is 0 Å². The van der Waals surface area contributed by atoms with Crippen LogP contribution in [0.3, 0.4) is 0 Å². The summed E-state index contributed by atoms with van der Waals surface area (Å²) in [4.78, 5) is 15.5. The van der Waals surface area contributed by atoms with Crippen molar-refractivity contribution in [2.24, 2.45) is 0 Å². The molecule has 0 aromatic heterocycles. The first kappa shape index (κ1) is 24.0. The zero-order chi connectivity index (χ0) is 24.1. The van der Waals surface area contributed by atoms with Gasteiger partial charge in [0.1, 0.15) is 0 Å². The van der Waals surface area contributed by atoms with Crippen LogP contribution in [0.25, 0.3) is 0 Å². The van der Waals surface area contributed by atoms with Crippen molar-refractivity contribution < 1.29 is 13.2 Å². The Morgan fingerprint density at radius 1 is 0.941 bits per heavy atom. The number of aryl methyl sites for hydroxylation is 2. The monoisotopic (exact) mass is 477 g/mol. The summed E-state index contributed by atoms with van der Waals surface area (Å²) in [5.74, 6) is -0.186. The molecule has 7 heteroatoms. The van der Waals surface area contributed by atoms with Crippen molar-refractivity contribution in [2.45, 2.75) is 44.2 Å². The average Bonchev–Trinajstić information content (AvgIpc) is 2.82. The highest BCUT2D eigenvalue weighted by Gasteiger charge is 2.22. The standard InChI is InChI=1S/C27H31N3O3S/c1-20-11-12-21(2)26(17-20)34(32,33)29-25-10-6-9-23(18-25)27(31)28-24-13-15-30(16-14-24)19-22-7-4-3-5-8-22/h3-12,17-18,24,29H,13-16,19H2,1-2H3,(H,28,31). The molecule has 3 aromatic rings. The third-order valence-corrected chi connectivity index (χ3v) is 7.71. The lowest BCUT2D eigenvalue weighted by Crippen LogP contribution is -2.44. The Kier molecular flexibility index (Phi) is 7.34. The van der Waals surface area contributed by atoms with E-state index < -0.39 is 10.0 Å². The average molecular weight is 478 g/mol. The number of nitrogens with zero attached hydrogens (tertiary/aromatic N) is 1. The maximum atomic E-state index is 12.9. The minimum absolute atomic E-state index is 0.106. The molecule has 0 unspecified atom stereocenters. The lowest BCUT2D eigenvalue weighted by atomic mass is 10.0. The second-order valence-corrected chi connectivity index (χ2v) is 10.6. The van der Waals surface area contributed by atoms with E-state index in [1.807, 2.05) is 19.1 Å². The van der Waals surface area contributed by atoms with Gasteiger partial charge in [0, 0.05) is 36.9 Å². The molecule has 4 rings (SSSR count). The quantitative estimate of drug-likeness (QED) is 0.525. The second kappa shape index (κ2) is 10.4. The number of rotatable bonds is 7. The number of carbonyl (C=O) groups is 1. The van der Waals surface area contributed by atoms with Gasteiger partial charge in [-0.05, 0) is 67.6 Å². The predicted octanol–water partition coefficient (Wildman–Crippen LogP) is 4.50. The molecule has 0 aliphatic carbocycles. The number of sulfonamides is 1. The van der Waals surface area contributed by atoms with Gasteiger partial charge in [-0.15, -0.1) is 0 Å². The zero-order valence-corrected chi connectivity index (χ0v) is 20.4. The minimum Gasteiger partial charge on any atom is -0.349 e. The number of piperidine rings is 1. The first-order valence-corrected chi connectivity index (χ1v) is 13.1. The van der Waals surface area contributed by atoms with Crippen molar-refractivity contribution in [3.05, 3.63) is 95.1 Å². The summed E-state index contributed by atoms with van der Waals surface area (Å²) in [6, 6.07) is 22.5. The third-order valence-electron chi connectivity index (χ3n) is 6.18. The highest BCUT2D eigenvalue weighted by molar-refractivity contribution is 7.92. The van der Waals surface area contributed by atoms with E-state index in [0.717, 1.165) is 38.0 Å². The van der Waals surface area contributed by atoms with E-state index in [1.54, 1.807) is 43.3 Å². The smallest absolute Gasteiger partial charge is 0.262 e. The Morgan fingerprint density at radius 3 is 2.41 bits per heavy atom. The molecule has 1 fully saturated rings. The Hall–Kier alpha value is -3.16. The number of hydrogen-bond acceptors (Lipinski definition) is 4. The van der Waals surface area contributed by atoms with Gasteiger partial charge in [0.15, 0.2) is 0 Å². The molecule has 0 radical (unpaired) electrons. The van der Waals surface area contributed by atoms with Crippen molar-refractivity contribution in [1.82, 2.24) is 10.2 Å². The molecule has 6 nitrogen and oxygen atoms in total. The largest absolute Gasteiger partial charge is 0.349 e. The van der Waals surface area contributed by atoms with E-state index in [1.165, 1.54) is 5.56 Å². The minimum atomic E-state index is -3.76. The number of benzene rings is 3. The molecule has 178 valence electrons. The molecule has 3 aromatic carbocycles. The van der Waals surface area contributed by atoms with Crippen molar-refractivity contribution in [3.63, 3.8) is 0 Å². The van der Waals surface area contributed by atoms with E-state index in [2.05, 4.69) is 39.2 Å². The van der Waals surface area contributed by atoms with Crippen molar-refractivity contribution in [3.8, 4) is 0 Å². The Balaban J connectivity index is 1.35. The van der Waals surface area contributed by atoms with Crippen molar-refractivity contribution in [2.75, 3.05) is 17.8 Å². The fourth-order valence-electron chi connectivity index (χ4n) is 4.28. The van der Waals surface area contributed by atoms with Gasteiger partial charge in [-0.2, -0.15) is 0 Å². The van der Waals surface area contributed by atoms with Gasteiger partial charge in [-0.1, -0.05) is 48.5 Å². The van der Waals surface area contributed by atoms with E-state index in [0.29, 0.717) is 16.8 Å². The summed E-state index contributed by atoms with van der Waals surface area (Å²) in [7, 11) is -3.76. The number of anilines is 1. The van der Waals surface area contributed by atoms with Crippen LogP contribution in [0.4, 0.5) is 5.69 Å². The molecule has 0 saturated carbocycles. The van der Waals surface area contributed by atoms with Crippen LogP contribution in [-0.2, 0) is 16.6 Å². The first-order valence-electron chi connectivity index (χ1n) is 11.6. The number of nitrogens with one attached hydrogen (secondary N) is 2. The Bertz CT molecular complexity index is 1250. The second-order valence-electron chi connectivity index (χ2n) is 8.96. The van der Waals surface area contributed by atoms with Gasteiger partial charge in [0.2, 0.25) is 0 Å². The maximum absolute atomic E-state index is 12.9. The summed E-state index contributed by atoms with van der Waals surface area (Å²) < 4.78 is 28.5. The molecule has 1 aliphatic rings. The van der Waals surface area contributed by atoms with E-state index in [9.17, 15) is 13.2 Å². The van der Waals surface area contributed by atoms with E-state index in [4.69, 9.17) is 0 Å². The molecule has 1 aliphatic heterocycles. The summed E-state index contributed by atoms with van der Waals surface area (Å²) in [6.07, 6.45) is 1.77. The number of hydrogen-bond donors (Lipinski definition) is 2. The zero-order valence-electron chi connectivity index (χ0n) is 19.6. The molecule has 1 amide bonds. The molecule has 0 atom stereocenters. The molecule has 1 heterocycles. The molecule has 34 heavy (non-hydrogen) atoms. The molecular formula is C27H31N3O3S. The van der Waals surface area contributed by atoms with Crippen LogP contribution in [0.1, 0.15) is 39.9 Å². The van der Waals surface area contributed by atoms with Gasteiger partial charge in [0.25, 0.3) is 15.9 Å². The van der Waals surface area contributed by atoms with Crippen LogP contribution in [0, 0.1) is 13.8 Å². The van der Waals surface area contributed by atoms with Crippen LogP contribution in [0.5, 0.6) is 0 Å². The maximum Gasteiger partial charge on any atom is 0.262 e. The van der Waals surface area contributed by atoms with Gasteiger partial charge in [-0.3, -0.25) is 14.4 Å². The molecule has 0 spiro atoms. The van der Waals surface area contributed by atoms with Crippen molar-refractivity contribution in [1.29, 1.82) is 0 Å². The Morgan fingerprint density at radius 2 is 1.68 bits per heavy atom. The van der Waals surface area contributed by atoms with Gasteiger partial charge >= 0.3 is 0 Å². The lowest BCUT2D eigenvalue weighted by molar-refractivity contribution is 0.0909. The first-order chi connectivity index (χ1) is 16.3. The summed E-state index contributed by atoms with van der Waals surface area (Å²) in [5.41, 5.74) is 3.64. The molecular weight excluding hydrogens is 446 g/mol. The van der Waals surface area contributed by atoms with Crippen LogP contribution >= 0.6 is 0 Å². The normalized spacial score (nSPS) is 15.1. The van der Waals surface area contributed by atoms with Crippen LogP contribution in [0.15, 0.2) is 77.7 Å². The highest BCUT2D eigenvalue weighted by atomic mass is 32.2. The van der Waals surface area contributed by atoms with Gasteiger partial charge in [0.05, 0.1) is 4.90 Å². The molecule has 0 bridgehead atoms. The van der Waals surface area contributed by atoms with Gasteiger partial charge < -0.3 is 5.32 Å². The van der Waals surface area contributed by atoms with Crippen LogP contribution in [-0.4, -0.2) is 38.4 Å². The van der Waals surface area contributed by atoms with E-state index >= 15 is 0 Å². The lowest BCUT2D eigenvalue weighted by Gasteiger charge is -2.32. The predicted molar refractivity (Wildman–Crippen MR) is 135 cm³/mol. The topological polar surface area (TPSA) is 78.5 Å². The van der Waals surface area contributed by atoms with Gasteiger partial charge in [-0.25, -0.2) is 8.42 Å². The fourth-order valence-corrected chi connectivity index (χ4v) is 5.66. The summed E-state index contributed by atoms with van der Waals surface area (Å²) in [5, 5.41) is 3.12. The summed E-state index contributed by atoms with van der Waals surface area (Å²) >= 11 is 0. The number of likely N-dealkylation sites (tertiary alicyclic amines) is 1. The molecule has 2 N–H and O–H groups in total. The highest BCUT2D eigenvalue weighted by Crippen LogP contribution is 2.22. The van der Waals surface area contributed by atoms with Crippen LogP contribution < -0.4 is 10.0 Å². The SMILES string of the molecule is Cc1ccc(C)c(S(=O)(=O)Nc2cccc(C(=O)NC3CCN(Cc4ccccc4)CC3)c2)c1. The van der Waals surface area contributed by atoms with Crippen molar-refractivity contribution >= 4 is 21.6 Å². The number of carbonyl (C=O) groups excluding carboxylic acids is 1. The summed E-state index contributed by atoms with van der Waals surface area (Å²) in [6.45, 7) is 6.40. The number of amides is 1. The fraction of sp³-hybridized carbons (Fsp3) is 0.296. The van der Waals surface area contributed by atoms with E-state index in [-0.39, 0.29) is 16.8 Å². The third kappa shape index (κ3) is 6.04. The molecule has 1 saturated heterocycles.